The molecule has 2 aliphatic heterocycles. The predicted octanol–water partition coefficient (Wildman–Crippen LogP) is 5.23. The van der Waals surface area contributed by atoms with Crippen LogP contribution in [0.4, 0.5) is 26.1 Å². The Balaban J connectivity index is 1.20. The number of nitrogens with zero attached hydrogens (tertiary/aromatic N) is 4. The van der Waals surface area contributed by atoms with Gasteiger partial charge < -0.3 is 15.4 Å². The summed E-state index contributed by atoms with van der Waals surface area (Å²) >= 11 is 0. The summed E-state index contributed by atoms with van der Waals surface area (Å²) in [7, 11) is 3.32. The van der Waals surface area contributed by atoms with E-state index in [0.29, 0.717) is 36.0 Å². The number of ether oxygens (including phenoxy) is 1. The molecular weight excluding hydrogens is 474 g/mol. The molecular formula is C28H34F2N6O. The number of benzene rings is 2. The van der Waals surface area contributed by atoms with Gasteiger partial charge in [0.15, 0.2) is 0 Å². The van der Waals surface area contributed by atoms with E-state index in [1.165, 1.54) is 19.2 Å². The number of aryl methyl sites for hydroxylation is 1. The Hall–Kier alpha value is -3.30. The third-order valence-corrected chi connectivity index (χ3v) is 7.58. The quantitative estimate of drug-likeness (QED) is 0.453. The lowest BCUT2D eigenvalue weighted by Gasteiger charge is -2.41. The molecule has 3 heterocycles. The number of aromatic nitrogens is 2. The molecule has 2 aromatic carbocycles. The first-order valence-corrected chi connectivity index (χ1v) is 12.7. The Bertz CT molecular complexity index is 1290. The summed E-state index contributed by atoms with van der Waals surface area (Å²) in [6.07, 6.45) is 3.90. The molecule has 1 fully saturated rings. The van der Waals surface area contributed by atoms with Crippen LogP contribution in [0.15, 0.2) is 36.5 Å². The number of halogens is 2. The van der Waals surface area contributed by atoms with Gasteiger partial charge in [-0.2, -0.15) is 0 Å². The van der Waals surface area contributed by atoms with E-state index >= 15 is 0 Å². The molecule has 5 rings (SSSR count). The Morgan fingerprint density at radius 1 is 1.14 bits per heavy atom. The molecule has 1 aromatic heterocycles. The topological polar surface area (TPSA) is 65.5 Å². The molecule has 37 heavy (non-hydrogen) atoms. The van der Waals surface area contributed by atoms with Gasteiger partial charge in [-0.05, 0) is 50.5 Å². The second-order valence-electron chi connectivity index (χ2n) is 10.1. The van der Waals surface area contributed by atoms with Gasteiger partial charge in [0.05, 0.1) is 12.8 Å². The summed E-state index contributed by atoms with van der Waals surface area (Å²) in [6, 6.07) is 8.77. The molecule has 0 spiro atoms. The lowest BCUT2D eigenvalue weighted by molar-refractivity contribution is 0.0649. The molecule has 0 aliphatic carbocycles. The van der Waals surface area contributed by atoms with Crippen LogP contribution in [-0.2, 0) is 19.6 Å². The van der Waals surface area contributed by atoms with Crippen molar-refractivity contribution in [2.24, 2.45) is 0 Å². The number of hydrogen-bond donors (Lipinski definition) is 2. The van der Waals surface area contributed by atoms with Crippen LogP contribution < -0.4 is 15.4 Å². The van der Waals surface area contributed by atoms with Crippen LogP contribution in [0, 0.1) is 18.6 Å². The zero-order valence-corrected chi connectivity index (χ0v) is 21.8. The van der Waals surface area contributed by atoms with Gasteiger partial charge >= 0.3 is 0 Å². The number of nitrogens with one attached hydrogen (secondary N) is 2. The van der Waals surface area contributed by atoms with Crippen molar-refractivity contribution in [3.8, 4) is 5.75 Å². The molecule has 0 saturated carbocycles. The van der Waals surface area contributed by atoms with Gasteiger partial charge in [-0.25, -0.2) is 18.7 Å². The maximum Gasteiger partial charge on any atom is 0.227 e. The van der Waals surface area contributed by atoms with E-state index in [1.807, 2.05) is 26.2 Å². The van der Waals surface area contributed by atoms with E-state index in [2.05, 4.69) is 32.3 Å². The molecule has 7 nitrogen and oxygen atoms in total. The SMILES string of the molecule is CNc1cc(F)c(CN2CCC(N3Cc4cnc(Nc5cc(F)cc(OC)c5)nc4C3)C[C@H]2C)cc1C. The molecule has 0 amide bonds. The lowest BCUT2D eigenvalue weighted by Crippen LogP contribution is -2.47. The summed E-state index contributed by atoms with van der Waals surface area (Å²) < 4.78 is 33.7. The fraction of sp³-hybridized carbons (Fsp3) is 0.429. The zero-order chi connectivity index (χ0) is 26.1. The summed E-state index contributed by atoms with van der Waals surface area (Å²) in [5.74, 6) is 0.336. The second-order valence-corrected chi connectivity index (χ2v) is 10.1. The van der Waals surface area contributed by atoms with Gasteiger partial charge in [0.25, 0.3) is 0 Å². The average Bonchev–Trinajstić information content (AvgIpc) is 3.30. The average molecular weight is 509 g/mol. The first kappa shape index (κ1) is 25.4. The fourth-order valence-electron chi connectivity index (χ4n) is 5.49. The molecule has 1 saturated heterocycles. The van der Waals surface area contributed by atoms with Crippen molar-refractivity contribution < 1.29 is 13.5 Å². The molecule has 0 radical (unpaired) electrons. The molecule has 1 unspecified atom stereocenters. The predicted molar refractivity (Wildman–Crippen MR) is 141 cm³/mol. The van der Waals surface area contributed by atoms with Gasteiger partial charge in [0.1, 0.15) is 17.4 Å². The van der Waals surface area contributed by atoms with Crippen LogP contribution in [0.1, 0.15) is 42.1 Å². The van der Waals surface area contributed by atoms with Crippen molar-refractivity contribution >= 4 is 17.3 Å². The van der Waals surface area contributed by atoms with Crippen LogP contribution in [0.2, 0.25) is 0 Å². The van der Waals surface area contributed by atoms with E-state index in [9.17, 15) is 8.78 Å². The van der Waals surface area contributed by atoms with E-state index in [1.54, 1.807) is 12.1 Å². The third-order valence-electron chi connectivity index (χ3n) is 7.58. The van der Waals surface area contributed by atoms with E-state index in [0.717, 1.165) is 60.5 Å². The first-order valence-electron chi connectivity index (χ1n) is 12.7. The number of methoxy groups -OCH3 is 1. The number of hydrogen-bond acceptors (Lipinski definition) is 7. The second kappa shape index (κ2) is 10.6. The Kier molecular flexibility index (Phi) is 7.26. The first-order chi connectivity index (χ1) is 17.8. The maximum absolute atomic E-state index is 14.7. The Morgan fingerprint density at radius 2 is 1.97 bits per heavy atom. The van der Waals surface area contributed by atoms with Gasteiger partial charge in [-0.1, -0.05) is 0 Å². The minimum Gasteiger partial charge on any atom is -0.497 e. The van der Waals surface area contributed by atoms with Crippen LogP contribution in [0.5, 0.6) is 5.75 Å². The van der Waals surface area contributed by atoms with E-state index in [4.69, 9.17) is 9.72 Å². The monoisotopic (exact) mass is 508 g/mol. The molecule has 3 aromatic rings. The molecule has 2 aliphatic rings. The van der Waals surface area contributed by atoms with E-state index in [-0.39, 0.29) is 11.6 Å². The van der Waals surface area contributed by atoms with Crippen LogP contribution in [-0.4, -0.2) is 52.6 Å². The fourth-order valence-corrected chi connectivity index (χ4v) is 5.49. The highest BCUT2D eigenvalue weighted by molar-refractivity contribution is 5.56. The van der Waals surface area contributed by atoms with Crippen molar-refractivity contribution in [3.05, 3.63) is 70.5 Å². The van der Waals surface area contributed by atoms with Crippen molar-refractivity contribution in [1.82, 2.24) is 19.8 Å². The summed E-state index contributed by atoms with van der Waals surface area (Å²) in [6.45, 7) is 7.36. The Morgan fingerprint density at radius 3 is 2.73 bits per heavy atom. The van der Waals surface area contributed by atoms with Gasteiger partial charge in [-0.3, -0.25) is 9.80 Å². The number of rotatable bonds is 7. The van der Waals surface area contributed by atoms with Crippen molar-refractivity contribution in [1.29, 1.82) is 0 Å². The molecule has 2 N–H and O–H groups in total. The van der Waals surface area contributed by atoms with Gasteiger partial charge in [0.2, 0.25) is 5.95 Å². The van der Waals surface area contributed by atoms with Crippen LogP contribution in [0.3, 0.4) is 0 Å². The highest BCUT2D eigenvalue weighted by atomic mass is 19.1. The van der Waals surface area contributed by atoms with Crippen LogP contribution >= 0.6 is 0 Å². The molecule has 0 bridgehead atoms. The standard InChI is InChI=1S/C28H34F2N6O/c1-17-7-19(25(30)12-26(17)31-3)14-35-6-5-23(8-18(35)2)36-15-20-13-32-28(34-27(20)16-36)33-22-9-21(29)10-24(11-22)37-4/h7,9-13,18,23,31H,5-6,8,14-16H2,1-4H3,(H,32,33,34)/t18-,23?/m1/s1. The highest BCUT2D eigenvalue weighted by Crippen LogP contribution is 2.31. The number of likely N-dealkylation sites (tertiary alicyclic amines) is 1. The number of fused-ring (bicyclic) bond motifs is 1. The number of piperidine rings is 1. The minimum absolute atomic E-state index is 0.154. The molecule has 9 heteroatoms. The van der Waals surface area contributed by atoms with Crippen molar-refractivity contribution in [2.45, 2.75) is 58.4 Å². The summed E-state index contributed by atoms with van der Waals surface area (Å²) in [5, 5.41) is 6.14. The van der Waals surface area contributed by atoms with Crippen LogP contribution in [0.25, 0.3) is 0 Å². The summed E-state index contributed by atoms with van der Waals surface area (Å²) in [4.78, 5) is 14.0. The summed E-state index contributed by atoms with van der Waals surface area (Å²) in [5.41, 5.74) is 5.31. The largest absolute Gasteiger partial charge is 0.497 e. The Labute approximate surface area is 216 Å². The number of anilines is 3. The van der Waals surface area contributed by atoms with Crippen molar-refractivity contribution in [3.63, 3.8) is 0 Å². The maximum atomic E-state index is 14.7. The normalized spacial score (nSPS) is 20.1. The smallest absolute Gasteiger partial charge is 0.227 e. The van der Waals surface area contributed by atoms with Gasteiger partial charge in [-0.15, -0.1) is 0 Å². The third kappa shape index (κ3) is 5.52. The molecule has 2 atom stereocenters. The molecule has 196 valence electrons. The highest BCUT2D eigenvalue weighted by Gasteiger charge is 2.33. The zero-order valence-electron chi connectivity index (χ0n) is 21.8. The van der Waals surface area contributed by atoms with Gasteiger partial charge in [0, 0.05) is 86.1 Å². The lowest BCUT2D eigenvalue weighted by atomic mass is 9.96. The van der Waals surface area contributed by atoms with Crippen molar-refractivity contribution in [2.75, 3.05) is 31.3 Å². The van der Waals surface area contributed by atoms with E-state index < -0.39 is 0 Å². The minimum atomic E-state index is -0.387.